The Balaban J connectivity index is 1.49. The lowest BCUT2D eigenvalue weighted by atomic mass is 10.1. The third-order valence-electron chi connectivity index (χ3n) is 5.05. The van der Waals surface area contributed by atoms with Gasteiger partial charge in [0.05, 0.1) is 6.04 Å². The van der Waals surface area contributed by atoms with Crippen molar-refractivity contribution in [3.8, 4) is 0 Å². The van der Waals surface area contributed by atoms with Gasteiger partial charge in [-0.2, -0.15) is 0 Å². The van der Waals surface area contributed by atoms with Crippen molar-refractivity contribution in [3.05, 3.63) is 65.5 Å². The summed E-state index contributed by atoms with van der Waals surface area (Å²) in [5, 5.41) is 3.05. The molecule has 26 heavy (non-hydrogen) atoms. The van der Waals surface area contributed by atoms with E-state index in [2.05, 4.69) is 34.5 Å². The Bertz CT molecular complexity index is 706. The van der Waals surface area contributed by atoms with Crippen LogP contribution in [-0.4, -0.2) is 19.0 Å². The molecule has 1 aliphatic heterocycles. The third kappa shape index (κ3) is 5.07. The molecule has 138 valence electrons. The minimum Gasteiger partial charge on any atom is -0.372 e. The Morgan fingerprint density at radius 2 is 1.69 bits per heavy atom. The maximum Gasteiger partial charge on any atom is 0.220 e. The van der Waals surface area contributed by atoms with Gasteiger partial charge in [0, 0.05) is 25.2 Å². The summed E-state index contributed by atoms with van der Waals surface area (Å²) >= 11 is 0. The van der Waals surface area contributed by atoms with Crippen LogP contribution in [0.4, 0.5) is 10.1 Å². The molecule has 1 atom stereocenters. The first-order valence-electron chi connectivity index (χ1n) is 9.50. The second kappa shape index (κ2) is 8.84. The Kier molecular flexibility index (Phi) is 6.26. The van der Waals surface area contributed by atoms with E-state index >= 15 is 0 Å². The Hall–Kier alpha value is -2.36. The van der Waals surface area contributed by atoms with Gasteiger partial charge in [-0.25, -0.2) is 4.39 Å². The summed E-state index contributed by atoms with van der Waals surface area (Å²) in [4.78, 5) is 14.6. The van der Waals surface area contributed by atoms with E-state index in [0.29, 0.717) is 12.8 Å². The van der Waals surface area contributed by atoms with E-state index in [9.17, 15) is 9.18 Å². The molecule has 4 heteroatoms. The number of nitrogens with one attached hydrogen (secondary N) is 1. The smallest absolute Gasteiger partial charge is 0.220 e. The molecule has 1 aliphatic rings. The molecule has 0 saturated carbocycles. The number of amides is 1. The monoisotopic (exact) mass is 354 g/mol. The van der Waals surface area contributed by atoms with Crippen LogP contribution >= 0.6 is 0 Å². The molecule has 1 N–H and O–H groups in total. The highest BCUT2D eigenvalue weighted by molar-refractivity contribution is 5.76. The molecule has 0 aromatic heterocycles. The fourth-order valence-corrected chi connectivity index (χ4v) is 3.43. The van der Waals surface area contributed by atoms with Crippen LogP contribution in [0, 0.1) is 5.82 Å². The molecule has 1 amide bonds. The Morgan fingerprint density at radius 3 is 2.35 bits per heavy atom. The van der Waals surface area contributed by atoms with Crippen molar-refractivity contribution in [2.75, 3.05) is 18.0 Å². The van der Waals surface area contributed by atoms with Crippen molar-refractivity contribution in [1.82, 2.24) is 5.32 Å². The molecule has 0 unspecified atom stereocenters. The van der Waals surface area contributed by atoms with E-state index in [1.807, 2.05) is 6.92 Å². The first-order chi connectivity index (χ1) is 12.6. The zero-order valence-electron chi connectivity index (χ0n) is 15.4. The van der Waals surface area contributed by atoms with Gasteiger partial charge >= 0.3 is 0 Å². The Labute approximate surface area is 155 Å². The van der Waals surface area contributed by atoms with Crippen LogP contribution in [0.25, 0.3) is 0 Å². The average Bonchev–Trinajstić information content (AvgIpc) is 2.68. The molecule has 0 spiro atoms. The first-order valence-corrected chi connectivity index (χ1v) is 9.50. The minimum absolute atomic E-state index is 0.0157. The van der Waals surface area contributed by atoms with Crippen LogP contribution in [0.5, 0.6) is 0 Å². The highest BCUT2D eigenvalue weighted by atomic mass is 19.1. The highest BCUT2D eigenvalue weighted by Crippen LogP contribution is 2.22. The van der Waals surface area contributed by atoms with Crippen molar-refractivity contribution in [2.24, 2.45) is 0 Å². The fourth-order valence-electron chi connectivity index (χ4n) is 3.43. The predicted molar refractivity (Wildman–Crippen MR) is 104 cm³/mol. The van der Waals surface area contributed by atoms with Crippen LogP contribution in [0.15, 0.2) is 48.5 Å². The number of piperidine rings is 1. The Morgan fingerprint density at radius 1 is 1.04 bits per heavy atom. The number of carbonyl (C=O) groups is 1. The summed E-state index contributed by atoms with van der Waals surface area (Å²) < 4.78 is 12.9. The van der Waals surface area contributed by atoms with E-state index in [0.717, 1.165) is 24.2 Å². The van der Waals surface area contributed by atoms with Gasteiger partial charge in [-0.3, -0.25) is 4.79 Å². The van der Waals surface area contributed by atoms with E-state index in [1.54, 1.807) is 12.1 Å². The summed E-state index contributed by atoms with van der Waals surface area (Å²) in [6, 6.07) is 14.8. The quantitative estimate of drug-likeness (QED) is 0.820. The molecule has 0 aliphatic carbocycles. The maximum atomic E-state index is 12.9. The van der Waals surface area contributed by atoms with E-state index in [-0.39, 0.29) is 17.8 Å². The van der Waals surface area contributed by atoms with Crippen LogP contribution in [0.2, 0.25) is 0 Å². The maximum absolute atomic E-state index is 12.9. The zero-order chi connectivity index (χ0) is 18.4. The van der Waals surface area contributed by atoms with Gasteiger partial charge in [0.25, 0.3) is 0 Å². The molecule has 0 bridgehead atoms. The van der Waals surface area contributed by atoms with E-state index in [1.165, 1.54) is 37.1 Å². The van der Waals surface area contributed by atoms with Crippen molar-refractivity contribution in [3.63, 3.8) is 0 Å². The number of halogens is 1. The van der Waals surface area contributed by atoms with Crippen LogP contribution in [0.1, 0.15) is 49.8 Å². The molecular weight excluding hydrogens is 327 g/mol. The summed E-state index contributed by atoms with van der Waals surface area (Å²) in [6.45, 7) is 4.27. The normalized spacial score (nSPS) is 15.5. The number of hydrogen-bond donors (Lipinski definition) is 1. The molecule has 2 aromatic carbocycles. The fraction of sp³-hybridized carbons (Fsp3) is 0.409. The molecule has 3 nitrogen and oxygen atoms in total. The van der Waals surface area contributed by atoms with Crippen molar-refractivity contribution in [2.45, 2.75) is 45.1 Å². The lowest BCUT2D eigenvalue weighted by Gasteiger charge is -2.29. The number of hydrogen-bond acceptors (Lipinski definition) is 2. The van der Waals surface area contributed by atoms with Crippen molar-refractivity contribution < 1.29 is 9.18 Å². The zero-order valence-corrected chi connectivity index (χ0v) is 15.4. The SMILES string of the molecule is C[C@@H](NC(=O)CCc1ccc(F)cc1)c1ccc(N2CCCCC2)cc1. The minimum atomic E-state index is -0.250. The van der Waals surface area contributed by atoms with Gasteiger partial charge in [0.15, 0.2) is 0 Å². The number of rotatable bonds is 6. The van der Waals surface area contributed by atoms with Crippen LogP contribution in [-0.2, 0) is 11.2 Å². The summed E-state index contributed by atoms with van der Waals surface area (Å²) in [6.07, 6.45) is 4.88. The lowest BCUT2D eigenvalue weighted by Crippen LogP contribution is -2.29. The van der Waals surface area contributed by atoms with Gasteiger partial charge in [0.2, 0.25) is 5.91 Å². The summed E-state index contributed by atoms with van der Waals surface area (Å²) in [5.74, 6) is -0.234. The summed E-state index contributed by atoms with van der Waals surface area (Å²) in [5.41, 5.74) is 3.35. The number of benzene rings is 2. The third-order valence-corrected chi connectivity index (χ3v) is 5.05. The first kappa shape index (κ1) is 18.4. The van der Waals surface area contributed by atoms with Gasteiger partial charge in [-0.15, -0.1) is 0 Å². The molecule has 3 rings (SSSR count). The number of carbonyl (C=O) groups excluding carboxylic acids is 1. The van der Waals surface area contributed by atoms with E-state index < -0.39 is 0 Å². The van der Waals surface area contributed by atoms with Crippen LogP contribution in [0.3, 0.4) is 0 Å². The summed E-state index contributed by atoms with van der Waals surface area (Å²) in [7, 11) is 0. The van der Waals surface area contributed by atoms with Crippen molar-refractivity contribution >= 4 is 11.6 Å². The number of nitrogens with zero attached hydrogens (tertiary/aromatic N) is 1. The average molecular weight is 354 g/mol. The number of aryl methyl sites for hydroxylation is 1. The second-order valence-corrected chi connectivity index (χ2v) is 7.05. The molecule has 0 radical (unpaired) electrons. The molecule has 1 fully saturated rings. The topological polar surface area (TPSA) is 32.3 Å². The lowest BCUT2D eigenvalue weighted by molar-refractivity contribution is -0.121. The van der Waals surface area contributed by atoms with E-state index in [4.69, 9.17) is 0 Å². The predicted octanol–water partition coefficient (Wildman–Crippen LogP) is 4.63. The van der Waals surface area contributed by atoms with Gasteiger partial charge in [-0.05, 0) is 68.0 Å². The molecule has 1 saturated heterocycles. The standard InChI is InChI=1S/C22H27FN2O/c1-17(24-22(26)14-7-18-5-10-20(23)11-6-18)19-8-12-21(13-9-19)25-15-3-2-4-16-25/h5-6,8-13,17H,2-4,7,14-16H2,1H3,(H,24,26)/t17-/m1/s1. The second-order valence-electron chi connectivity index (χ2n) is 7.05. The highest BCUT2D eigenvalue weighted by Gasteiger charge is 2.13. The van der Waals surface area contributed by atoms with Gasteiger partial charge in [-0.1, -0.05) is 24.3 Å². The molecule has 1 heterocycles. The van der Waals surface area contributed by atoms with Gasteiger partial charge in [0.1, 0.15) is 5.82 Å². The molecule has 2 aromatic rings. The van der Waals surface area contributed by atoms with Gasteiger partial charge < -0.3 is 10.2 Å². The van der Waals surface area contributed by atoms with Crippen molar-refractivity contribution in [1.29, 1.82) is 0 Å². The van der Waals surface area contributed by atoms with Crippen LogP contribution < -0.4 is 10.2 Å². The number of anilines is 1. The largest absolute Gasteiger partial charge is 0.372 e. The molecular formula is C22H27FN2O.